The van der Waals surface area contributed by atoms with Crippen molar-refractivity contribution in [2.45, 2.75) is 6.92 Å². The molecule has 0 heterocycles. The van der Waals surface area contributed by atoms with Gasteiger partial charge in [0.15, 0.2) is 0 Å². The van der Waals surface area contributed by atoms with Gasteiger partial charge in [0, 0.05) is 11.6 Å². The number of carboxylic acid groups (broad SMARTS) is 1. The number of amides is 1. The van der Waals surface area contributed by atoms with Crippen LogP contribution < -0.4 is 5.73 Å². The topological polar surface area (TPSA) is 107 Å². The maximum atomic E-state index is 10.2. The maximum absolute atomic E-state index is 10.2. The fraction of sp³-hybridized carbons (Fsp3) is 0.154. The first-order chi connectivity index (χ1) is 8.72. The van der Waals surface area contributed by atoms with Crippen molar-refractivity contribution in [1.82, 2.24) is 0 Å². The summed E-state index contributed by atoms with van der Waals surface area (Å²) in [4.78, 5) is 29.3. The molecule has 0 bridgehead atoms. The van der Waals surface area contributed by atoms with Gasteiger partial charge < -0.3 is 15.6 Å². The predicted octanol–water partition coefficient (Wildman–Crippen LogP) is 1.21. The molecular weight excluding hydrogens is 250 g/mol. The molecule has 106 valence electrons. The lowest BCUT2D eigenvalue weighted by atomic mass is 10.4. The minimum absolute atomic E-state index is 0.176. The van der Waals surface area contributed by atoms with Crippen molar-refractivity contribution in [1.29, 1.82) is 0 Å². The number of carboxylic acids is 1. The summed E-state index contributed by atoms with van der Waals surface area (Å²) >= 11 is 0. The quantitative estimate of drug-likeness (QED) is 0.443. The Morgan fingerprint density at radius 2 is 1.58 bits per heavy atom. The summed E-state index contributed by atoms with van der Waals surface area (Å²) in [6, 6.07) is 0. The number of carbonyl (C=O) groups excluding carboxylic acids is 2. The van der Waals surface area contributed by atoms with E-state index in [0.717, 1.165) is 12.2 Å². The highest BCUT2D eigenvalue weighted by Gasteiger charge is 1.90. The molecule has 0 unspecified atom stereocenters. The smallest absolute Gasteiger partial charge is 0.330 e. The summed E-state index contributed by atoms with van der Waals surface area (Å²) < 4.78 is 4.47. The fourth-order valence-electron chi connectivity index (χ4n) is 0.200. The summed E-state index contributed by atoms with van der Waals surface area (Å²) in [6.45, 7) is 14.5. The molecular formula is C13H19NO5. The molecule has 0 aliphatic heterocycles. The molecule has 0 aliphatic carbocycles. The van der Waals surface area contributed by atoms with Crippen LogP contribution in [0.15, 0.2) is 50.1 Å². The highest BCUT2D eigenvalue weighted by Crippen LogP contribution is 1.81. The van der Waals surface area contributed by atoms with E-state index in [9.17, 15) is 14.4 Å². The van der Waals surface area contributed by atoms with E-state index >= 15 is 0 Å². The van der Waals surface area contributed by atoms with Gasteiger partial charge in [0.2, 0.25) is 5.91 Å². The van der Waals surface area contributed by atoms with Crippen LogP contribution in [0.5, 0.6) is 0 Å². The number of hydrogen-bond acceptors (Lipinski definition) is 4. The van der Waals surface area contributed by atoms with E-state index in [1.165, 1.54) is 13.0 Å². The van der Waals surface area contributed by atoms with Gasteiger partial charge in [0.25, 0.3) is 0 Å². The van der Waals surface area contributed by atoms with E-state index in [0.29, 0.717) is 0 Å². The minimum atomic E-state index is -0.935. The molecule has 0 radical (unpaired) electrons. The van der Waals surface area contributed by atoms with Gasteiger partial charge >= 0.3 is 11.9 Å². The van der Waals surface area contributed by atoms with Crippen molar-refractivity contribution < 1.29 is 24.2 Å². The zero-order chi connectivity index (χ0) is 15.8. The van der Waals surface area contributed by atoms with Crippen LogP contribution in [0.2, 0.25) is 0 Å². The van der Waals surface area contributed by atoms with Crippen LogP contribution >= 0.6 is 0 Å². The van der Waals surface area contributed by atoms with Crippen molar-refractivity contribution in [2.75, 3.05) is 6.61 Å². The number of rotatable bonds is 5. The Morgan fingerprint density at radius 1 is 1.21 bits per heavy atom. The molecule has 0 aromatic rings. The van der Waals surface area contributed by atoms with Crippen LogP contribution in [0, 0.1) is 0 Å². The van der Waals surface area contributed by atoms with Crippen LogP contribution in [0.3, 0.4) is 0 Å². The number of esters is 1. The number of ether oxygens (including phenoxy) is 1. The molecule has 0 fully saturated rings. The average Bonchev–Trinajstić information content (AvgIpc) is 2.37. The molecule has 0 saturated carbocycles. The van der Waals surface area contributed by atoms with Gasteiger partial charge in [-0.05, 0) is 13.0 Å². The molecule has 0 spiro atoms. The van der Waals surface area contributed by atoms with Gasteiger partial charge in [0.05, 0.1) is 0 Å². The zero-order valence-electron chi connectivity index (χ0n) is 10.9. The van der Waals surface area contributed by atoms with E-state index < -0.39 is 17.8 Å². The Hall–Kier alpha value is -2.63. The molecule has 0 saturated heterocycles. The maximum Gasteiger partial charge on any atom is 0.330 e. The molecule has 0 rings (SSSR count). The Bertz CT molecular complexity index is 346. The lowest BCUT2D eigenvalue weighted by Crippen LogP contribution is -2.04. The van der Waals surface area contributed by atoms with Gasteiger partial charge in [-0.15, -0.1) is 0 Å². The Labute approximate surface area is 112 Å². The number of primary amides is 1. The minimum Gasteiger partial charge on any atom is -0.478 e. The first kappa shape index (κ1) is 21.6. The predicted molar refractivity (Wildman–Crippen MR) is 73.2 cm³/mol. The third-order valence-electron chi connectivity index (χ3n) is 1.08. The van der Waals surface area contributed by atoms with Gasteiger partial charge in [0.1, 0.15) is 6.61 Å². The lowest BCUT2D eigenvalue weighted by molar-refractivity contribution is -0.136. The SMILES string of the molecule is C=C(C)C(=O)O.C=CC(N)=O.C=CCOC(=O)C=C. The van der Waals surface area contributed by atoms with E-state index in [-0.39, 0.29) is 12.2 Å². The van der Waals surface area contributed by atoms with Crippen molar-refractivity contribution >= 4 is 17.8 Å². The van der Waals surface area contributed by atoms with Crippen LogP contribution in [0.25, 0.3) is 0 Å². The van der Waals surface area contributed by atoms with Crippen LogP contribution in [-0.4, -0.2) is 29.6 Å². The first-order valence-corrected chi connectivity index (χ1v) is 4.93. The van der Waals surface area contributed by atoms with E-state index in [1.54, 1.807) is 0 Å². The second-order valence-electron chi connectivity index (χ2n) is 2.81. The summed E-state index contributed by atoms with van der Waals surface area (Å²) in [5, 5.41) is 7.89. The van der Waals surface area contributed by atoms with E-state index in [2.05, 4.69) is 36.8 Å². The monoisotopic (exact) mass is 269 g/mol. The van der Waals surface area contributed by atoms with Crippen molar-refractivity contribution in [3.63, 3.8) is 0 Å². The summed E-state index contributed by atoms with van der Waals surface area (Å²) in [7, 11) is 0. The Morgan fingerprint density at radius 3 is 1.74 bits per heavy atom. The lowest BCUT2D eigenvalue weighted by Gasteiger charge is -1.92. The highest BCUT2D eigenvalue weighted by atomic mass is 16.5. The van der Waals surface area contributed by atoms with Crippen LogP contribution in [0.4, 0.5) is 0 Å². The number of aliphatic carboxylic acids is 1. The third kappa shape index (κ3) is 31.3. The van der Waals surface area contributed by atoms with E-state index in [4.69, 9.17) is 5.11 Å². The molecule has 19 heavy (non-hydrogen) atoms. The standard InChI is InChI=1S/C6H8O2.C4H6O2.C3H5NO/c1-3-5-8-6(7)4-2;1-3(2)4(5)6;1-2-3(4)5/h3-4H,1-2,5H2;1H2,2H3,(H,5,6);2H,1H2,(H2,4,5). The number of carbonyl (C=O) groups is 3. The largest absolute Gasteiger partial charge is 0.478 e. The van der Waals surface area contributed by atoms with Gasteiger partial charge in [-0.2, -0.15) is 0 Å². The van der Waals surface area contributed by atoms with Gasteiger partial charge in [-0.3, -0.25) is 4.79 Å². The fourth-order valence-corrected chi connectivity index (χ4v) is 0.200. The Balaban J connectivity index is -0.000000209. The molecule has 6 nitrogen and oxygen atoms in total. The summed E-state index contributed by atoms with van der Waals surface area (Å²) in [5.74, 6) is -1.83. The Kier molecular flexibility index (Phi) is 17.5. The van der Waals surface area contributed by atoms with Crippen LogP contribution in [-0.2, 0) is 19.1 Å². The highest BCUT2D eigenvalue weighted by molar-refractivity contribution is 5.85. The van der Waals surface area contributed by atoms with Gasteiger partial charge in [-0.25, -0.2) is 9.59 Å². The van der Waals surface area contributed by atoms with Crippen molar-refractivity contribution in [3.8, 4) is 0 Å². The molecule has 6 heteroatoms. The third-order valence-corrected chi connectivity index (χ3v) is 1.08. The van der Waals surface area contributed by atoms with Gasteiger partial charge in [-0.1, -0.05) is 32.4 Å². The summed E-state index contributed by atoms with van der Waals surface area (Å²) in [5.41, 5.74) is 4.71. The molecule has 1 amide bonds. The zero-order valence-corrected chi connectivity index (χ0v) is 10.9. The first-order valence-electron chi connectivity index (χ1n) is 4.93. The second kappa shape index (κ2) is 15.4. The summed E-state index contributed by atoms with van der Waals surface area (Å²) in [6.07, 6.45) is 3.67. The molecule has 0 aliphatic rings. The van der Waals surface area contributed by atoms with Crippen LogP contribution in [0.1, 0.15) is 6.92 Å². The second-order valence-corrected chi connectivity index (χ2v) is 2.81. The number of nitrogens with two attached hydrogens (primary N) is 1. The van der Waals surface area contributed by atoms with Crippen molar-refractivity contribution in [3.05, 3.63) is 50.1 Å². The average molecular weight is 269 g/mol. The van der Waals surface area contributed by atoms with Crippen molar-refractivity contribution in [2.24, 2.45) is 5.73 Å². The normalized spacial score (nSPS) is 7.21. The number of hydrogen-bond donors (Lipinski definition) is 2. The van der Waals surface area contributed by atoms with E-state index in [1.807, 2.05) is 0 Å². The molecule has 0 atom stereocenters. The molecule has 3 N–H and O–H groups in total. The molecule has 0 aromatic heterocycles. The molecule has 0 aromatic carbocycles.